The second kappa shape index (κ2) is 7.47. The number of pyridine rings is 1. The molecule has 6 heteroatoms. The van der Waals surface area contributed by atoms with Crippen LogP contribution in [0, 0.1) is 11.3 Å². The third kappa shape index (κ3) is 3.04. The van der Waals surface area contributed by atoms with Crippen molar-refractivity contribution in [2.45, 2.75) is 5.92 Å². The summed E-state index contributed by atoms with van der Waals surface area (Å²) < 4.78 is 13.0. The number of aromatic nitrogens is 2. The minimum atomic E-state index is -0.429. The van der Waals surface area contributed by atoms with Crippen LogP contribution in [0.5, 0.6) is 5.75 Å². The van der Waals surface area contributed by atoms with Crippen LogP contribution < -0.4 is 4.74 Å². The maximum Gasteiger partial charge on any atom is 0.337 e. The Labute approximate surface area is 178 Å². The van der Waals surface area contributed by atoms with Crippen molar-refractivity contribution in [1.29, 1.82) is 5.26 Å². The van der Waals surface area contributed by atoms with Gasteiger partial charge in [0.25, 0.3) is 0 Å². The number of rotatable bonds is 3. The van der Waals surface area contributed by atoms with Crippen LogP contribution in [0.3, 0.4) is 0 Å². The zero-order valence-electron chi connectivity index (χ0n) is 16.6. The van der Waals surface area contributed by atoms with Crippen LogP contribution in [-0.4, -0.2) is 22.6 Å². The van der Waals surface area contributed by atoms with E-state index in [1.807, 2.05) is 54.9 Å². The fourth-order valence-electron chi connectivity index (χ4n) is 3.98. The Bertz CT molecular complexity index is 1380. The van der Waals surface area contributed by atoms with E-state index in [0.29, 0.717) is 22.8 Å². The van der Waals surface area contributed by atoms with Gasteiger partial charge in [-0.1, -0.05) is 30.3 Å². The number of fused-ring (bicyclic) bond motifs is 3. The predicted molar refractivity (Wildman–Crippen MR) is 115 cm³/mol. The van der Waals surface area contributed by atoms with Crippen molar-refractivity contribution in [3.8, 4) is 11.8 Å². The van der Waals surface area contributed by atoms with Crippen molar-refractivity contribution in [2.75, 3.05) is 7.11 Å². The van der Waals surface area contributed by atoms with Crippen LogP contribution in [0.2, 0.25) is 0 Å². The molecule has 1 atom stereocenters. The van der Waals surface area contributed by atoms with Gasteiger partial charge in [0, 0.05) is 29.5 Å². The molecule has 0 amide bonds. The summed E-state index contributed by atoms with van der Waals surface area (Å²) >= 11 is 0. The van der Waals surface area contributed by atoms with Gasteiger partial charge in [0.1, 0.15) is 17.2 Å². The van der Waals surface area contributed by atoms with Crippen molar-refractivity contribution in [3.63, 3.8) is 0 Å². The number of methoxy groups -OCH3 is 1. The van der Waals surface area contributed by atoms with Gasteiger partial charge in [-0.25, -0.2) is 4.79 Å². The molecule has 0 fully saturated rings. The molecule has 0 spiro atoms. The van der Waals surface area contributed by atoms with Crippen LogP contribution in [0.25, 0.3) is 16.8 Å². The SMILES string of the molecule is COC(=O)c1cccc(C2C(C#N)=C(n3cccc3)Oc3c2ccc2cccnc32)c1. The highest BCUT2D eigenvalue weighted by atomic mass is 16.5. The van der Waals surface area contributed by atoms with Gasteiger partial charge in [-0.15, -0.1) is 0 Å². The normalized spacial score (nSPS) is 15.2. The fraction of sp³-hybridized carbons (Fsp3) is 0.0800. The van der Waals surface area contributed by atoms with E-state index < -0.39 is 11.9 Å². The Kier molecular flexibility index (Phi) is 4.49. The standard InChI is InChI=1S/C25H17N3O3/c1-30-25(29)18-7-4-6-17(14-18)21-19-10-9-16-8-5-11-27-22(16)23(19)31-24(20(21)15-26)28-12-2-3-13-28/h2-14,21H,1H3. The lowest BCUT2D eigenvalue weighted by molar-refractivity contribution is 0.0600. The van der Waals surface area contributed by atoms with E-state index in [1.165, 1.54) is 7.11 Å². The Morgan fingerprint density at radius 3 is 2.74 bits per heavy atom. The number of ether oxygens (including phenoxy) is 2. The van der Waals surface area contributed by atoms with E-state index in [9.17, 15) is 10.1 Å². The highest BCUT2D eigenvalue weighted by Crippen LogP contribution is 2.46. The fourth-order valence-corrected chi connectivity index (χ4v) is 3.98. The first-order chi connectivity index (χ1) is 15.2. The number of nitrogens with zero attached hydrogens (tertiary/aromatic N) is 3. The lowest BCUT2D eigenvalue weighted by Gasteiger charge is -2.29. The van der Waals surface area contributed by atoms with Crippen LogP contribution >= 0.6 is 0 Å². The topological polar surface area (TPSA) is 77.1 Å². The predicted octanol–water partition coefficient (Wildman–Crippen LogP) is 4.74. The first-order valence-electron chi connectivity index (χ1n) is 9.72. The van der Waals surface area contributed by atoms with Crippen molar-refractivity contribution in [1.82, 2.24) is 9.55 Å². The van der Waals surface area contributed by atoms with Gasteiger partial charge in [0.05, 0.1) is 18.6 Å². The minimum Gasteiger partial charge on any atom is -0.465 e. The van der Waals surface area contributed by atoms with Gasteiger partial charge >= 0.3 is 5.97 Å². The van der Waals surface area contributed by atoms with Crippen molar-refractivity contribution in [3.05, 3.63) is 102 Å². The van der Waals surface area contributed by atoms with Gasteiger partial charge in [-0.05, 0) is 35.9 Å². The molecule has 2 aromatic carbocycles. The molecule has 0 radical (unpaired) electrons. The summed E-state index contributed by atoms with van der Waals surface area (Å²) in [5.41, 5.74) is 3.20. The van der Waals surface area contributed by atoms with Crippen molar-refractivity contribution < 1.29 is 14.3 Å². The number of carbonyl (C=O) groups is 1. The zero-order valence-corrected chi connectivity index (χ0v) is 16.6. The average Bonchev–Trinajstić information content (AvgIpc) is 3.37. The smallest absolute Gasteiger partial charge is 0.337 e. The number of hydrogen-bond acceptors (Lipinski definition) is 5. The molecule has 5 rings (SSSR count). The third-order valence-corrected chi connectivity index (χ3v) is 5.39. The molecule has 150 valence electrons. The lowest BCUT2D eigenvalue weighted by atomic mass is 9.82. The number of hydrogen-bond donors (Lipinski definition) is 0. The molecular formula is C25H17N3O3. The molecule has 2 aromatic heterocycles. The summed E-state index contributed by atoms with van der Waals surface area (Å²) in [5.74, 6) is 0.172. The third-order valence-electron chi connectivity index (χ3n) is 5.39. The van der Waals surface area contributed by atoms with Gasteiger partial charge < -0.3 is 9.47 Å². The summed E-state index contributed by atoms with van der Waals surface area (Å²) in [6, 6.07) is 21.0. The quantitative estimate of drug-likeness (QED) is 0.459. The molecule has 0 N–H and O–H groups in total. The Balaban J connectivity index is 1.80. The zero-order chi connectivity index (χ0) is 21.4. The maximum atomic E-state index is 12.1. The molecular weight excluding hydrogens is 390 g/mol. The highest BCUT2D eigenvalue weighted by Gasteiger charge is 2.34. The van der Waals surface area contributed by atoms with Crippen molar-refractivity contribution >= 4 is 22.8 Å². The van der Waals surface area contributed by atoms with Crippen LogP contribution in [-0.2, 0) is 4.74 Å². The first kappa shape index (κ1) is 18.6. The Morgan fingerprint density at radius 1 is 1.13 bits per heavy atom. The molecule has 0 saturated carbocycles. The van der Waals surface area contributed by atoms with E-state index in [0.717, 1.165) is 22.0 Å². The van der Waals surface area contributed by atoms with E-state index in [-0.39, 0.29) is 0 Å². The van der Waals surface area contributed by atoms with Crippen LogP contribution in [0.1, 0.15) is 27.4 Å². The Morgan fingerprint density at radius 2 is 1.97 bits per heavy atom. The number of nitriles is 1. The molecule has 4 aromatic rings. The average molecular weight is 407 g/mol. The molecule has 1 aliphatic rings. The molecule has 0 bridgehead atoms. The van der Waals surface area contributed by atoms with Crippen LogP contribution in [0.4, 0.5) is 0 Å². The van der Waals surface area contributed by atoms with E-state index in [4.69, 9.17) is 9.47 Å². The highest BCUT2D eigenvalue weighted by molar-refractivity contribution is 5.91. The summed E-state index contributed by atoms with van der Waals surface area (Å²) in [4.78, 5) is 16.7. The molecule has 6 nitrogen and oxygen atoms in total. The van der Waals surface area contributed by atoms with E-state index in [2.05, 4.69) is 11.1 Å². The largest absolute Gasteiger partial charge is 0.465 e. The van der Waals surface area contributed by atoms with E-state index >= 15 is 0 Å². The number of benzene rings is 2. The van der Waals surface area contributed by atoms with Gasteiger partial charge in [0.2, 0.25) is 5.88 Å². The molecule has 3 heterocycles. The second-order valence-electron chi connectivity index (χ2n) is 7.13. The molecule has 31 heavy (non-hydrogen) atoms. The molecule has 1 unspecified atom stereocenters. The first-order valence-corrected chi connectivity index (χ1v) is 9.72. The monoisotopic (exact) mass is 407 g/mol. The van der Waals surface area contributed by atoms with Gasteiger partial charge in [-0.2, -0.15) is 5.26 Å². The van der Waals surface area contributed by atoms with Gasteiger partial charge in [0.15, 0.2) is 5.75 Å². The van der Waals surface area contributed by atoms with E-state index in [1.54, 1.807) is 29.0 Å². The minimum absolute atomic E-state index is 0.423. The number of allylic oxidation sites excluding steroid dienone is 1. The summed E-state index contributed by atoms with van der Waals surface area (Å²) in [5, 5.41) is 11.1. The molecule has 0 saturated heterocycles. The second-order valence-corrected chi connectivity index (χ2v) is 7.13. The number of carbonyl (C=O) groups excluding carboxylic acids is 1. The lowest BCUT2D eigenvalue weighted by Crippen LogP contribution is -2.19. The Hall–Kier alpha value is -4.37. The van der Waals surface area contributed by atoms with Crippen molar-refractivity contribution in [2.24, 2.45) is 0 Å². The van der Waals surface area contributed by atoms with Crippen LogP contribution in [0.15, 0.2) is 84.8 Å². The maximum absolute atomic E-state index is 12.1. The molecule has 0 aliphatic carbocycles. The molecule has 1 aliphatic heterocycles. The summed E-state index contributed by atoms with van der Waals surface area (Å²) in [6.07, 6.45) is 5.38. The number of esters is 1. The van der Waals surface area contributed by atoms with Gasteiger partial charge in [-0.3, -0.25) is 9.55 Å². The summed E-state index contributed by atoms with van der Waals surface area (Å²) in [7, 11) is 1.35. The summed E-state index contributed by atoms with van der Waals surface area (Å²) in [6.45, 7) is 0.